The number of benzene rings is 2. The van der Waals surface area contributed by atoms with E-state index in [-0.39, 0.29) is 5.82 Å². The van der Waals surface area contributed by atoms with Gasteiger partial charge in [-0.2, -0.15) is 0 Å². The quantitative estimate of drug-likeness (QED) is 0.643. The average Bonchev–Trinajstić information content (AvgIpc) is 3.01. The fourth-order valence-corrected chi connectivity index (χ4v) is 3.67. The molecule has 2 aromatic carbocycles. The molecule has 1 aromatic heterocycles. The molecule has 0 aliphatic carbocycles. The molecule has 1 N–H and O–H groups in total. The summed E-state index contributed by atoms with van der Waals surface area (Å²) >= 11 is 3.56. The van der Waals surface area contributed by atoms with Gasteiger partial charge in [0.05, 0.1) is 0 Å². The van der Waals surface area contributed by atoms with Crippen molar-refractivity contribution in [3.05, 3.63) is 76.2 Å². The van der Waals surface area contributed by atoms with Gasteiger partial charge in [0.25, 0.3) is 0 Å². The third-order valence-corrected chi connectivity index (χ3v) is 5.10. The van der Waals surface area contributed by atoms with Gasteiger partial charge in [0.15, 0.2) is 0 Å². The molecule has 0 atom stereocenters. The molecule has 0 fully saturated rings. The zero-order valence-electron chi connectivity index (χ0n) is 13.2. The summed E-state index contributed by atoms with van der Waals surface area (Å²) < 4.78 is 14.1. The topological polar surface area (TPSA) is 19.0 Å². The lowest BCUT2D eigenvalue weighted by Crippen LogP contribution is -2.27. The molecule has 3 aromatic rings. The van der Waals surface area contributed by atoms with E-state index in [2.05, 4.69) is 56.3 Å². The van der Waals surface area contributed by atoms with Crippen LogP contribution in [0.3, 0.4) is 0 Å². The summed E-state index contributed by atoms with van der Waals surface area (Å²) in [6.07, 6.45) is 5.45. The number of hydrogen-bond donors (Lipinski definition) is 1. The fourth-order valence-electron chi connectivity index (χ4n) is 3.31. The predicted octanol–water partition coefficient (Wildman–Crippen LogP) is 5.36. The van der Waals surface area contributed by atoms with Crippen LogP contribution in [0.25, 0.3) is 16.5 Å². The van der Waals surface area contributed by atoms with Crippen LogP contribution in [0.5, 0.6) is 0 Å². The van der Waals surface area contributed by atoms with Gasteiger partial charge in [-0.1, -0.05) is 34.1 Å². The summed E-state index contributed by atoms with van der Waals surface area (Å²) in [6.45, 7) is 2.81. The van der Waals surface area contributed by atoms with Crippen LogP contribution in [0.15, 0.2) is 59.2 Å². The molecule has 2 nitrogen and oxygen atoms in total. The van der Waals surface area contributed by atoms with Gasteiger partial charge < -0.3 is 4.98 Å². The monoisotopic (exact) mass is 384 g/mol. The van der Waals surface area contributed by atoms with E-state index in [1.807, 2.05) is 12.1 Å². The van der Waals surface area contributed by atoms with Crippen LogP contribution in [0.2, 0.25) is 0 Å². The SMILES string of the molecule is Fc1ccc(CN2CC=C(c3c[nH]c4ccc(Br)cc34)CC2)cc1. The van der Waals surface area contributed by atoms with Crippen molar-refractivity contribution in [3.63, 3.8) is 0 Å². The first-order chi connectivity index (χ1) is 11.7. The first kappa shape index (κ1) is 15.6. The highest BCUT2D eigenvalue weighted by molar-refractivity contribution is 9.10. The van der Waals surface area contributed by atoms with Crippen LogP contribution in [-0.2, 0) is 6.54 Å². The van der Waals surface area contributed by atoms with E-state index in [1.165, 1.54) is 34.2 Å². The third-order valence-electron chi connectivity index (χ3n) is 4.60. The molecule has 122 valence electrons. The van der Waals surface area contributed by atoms with Crippen molar-refractivity contribution >= 4 is 32.4 Å². The summed E-state index contributed by atoms with van der Waals surface area (Å²) in [5.74, 6) is -0.176. The van der Waals surface area contributed by atoms with Gasteiger partial charge in [0, 0.05) is 46.8 Å². The number of aromatic amines is 1. The molecular formula is C20H18BrFN2. The first-order valence-corrected chi connectivity index (χ1v) is 8.91. The van der Waals surface area contributed by atoms with Crippen molar-refractivity contribution in [1.82, 2.24) is 9.88 Å². The number of halogens is 2. The molecule has 4 rings (SSSR count). The summed E-state index contributed by atoms with van der Waals surface area (Å²) in [7, 11) is 0. The maximum atomic E-state index is 13.0. The zero-order chi connectivity index (χ0) is 16.5. The zero-order valence-corrected chi connectivity index (χ0v) is 14.8. The lowest BCUT2D eigenvalue weighted by atomic mass is 9.98. The number of nitrogens with zero attached hydrogens (tertiary/aromatic N) is 1. The van der Waals surface area contributed by atoms with Crippen molar-refractivity contribution in [2.75, 3.05) is 13.1 Å². The van der Waals surface area contributed by atoms with Gasteiger partial charge in [0.2, 0.25) is 0 Å². The highest BCUT2D eigenvalue weighted by Gasteiger charge is 2.16. The second-order valence-electron chi connectivity index (χ2n) is 6.23. The number of hydrogen-bond acceptors (Lipinski definition) is 1. The second-order valence-corrected chi connectivity index (χ2v) is 7.15. The number of aromatic nitrogens is 1. The van der Waals surface area contributed by atoms with Crippen molar-refractivity contribution in [2.24, 2.45) is 0 Å². The van der Waals surface area contributed by atoms with E-state index in [0.717, 1.165) is 36.1 Å². The Morgan fingerprint density at radius 3 is 2.71 bits per heavy atom. The summed E-state index contributed by atoms with van der Waals surface area (Å²) in [5.41, 5.74) is 5.02. The van der Waals surface area contributed by atoms with Crippen molar-refractivity contribution < 1.29 is 4.39 Å². The summed E-state index contributed by atoms with van der Waals surface area (Å²) in [5, 5.41) is 1.27. The minimum absolute atomic E-state index is 0.176. The molecule has 1 aliphatic heterocycles. The van der Waals surface area contributed by atoms with Crippen LogP contribution in [0.1, 0.15) is 17.5 Å². The van der Waals surface area contributed by atoms with Gasteiger partial charge >= 0.3 is 0 Å². The first-order valence-electron chi connectivity index (χ1n) is 8.12. The molecule has 0 unspecified atom stereocenters. The van der Waals surface area contributed by atoms with Crippen LogP contribution >= 0.6 is 15.9 Å². The molecule has 0 spiro atoms. The van der Waals surface area contributed by atoms with E-state index in [0.29, 0.717) is 0 Å². The number of H-pyrrole nitrogens is 1. The van der Waals surface area contributed by atoms with E-state index in [4.69, 9.17) is 0 Å². The van der Waals surface area contributed by atoms with E-state index in [9.17, 15) is 4.39 Å². The van der Waals surface area contributed by atoms with Crippen LogP contribution in [0, 0.1) is 5.82 Å². The Labute approximate surface area is 149 Å². The Bertz CT molecular complexity index is 896. The molecule has 24 heavy (non-hydrogen) atoms. The largest absolute Gasteiger partial charge is 0.361 e. The van der Waals surface area contributed by atoms with E-state index >= 15 is 0 Å². The predicted molar refractivity (Wildman–Crippen MR) is 100 cm³/mol. The van der Waals surface area contributed by atoms with Crippen LogP contribution in [-0.4, -0.2) is 23.0 Å². The van der Waals surface area contributed by atoms with Gasteiger partial charge in [0.1, 0.15) is 5.82 Å². The molecule has 0 radical (unpaired) electrons. The van der Waals surface area contributed by atoms with Gasteiger partial charge in [-0.15, -0.1) is 0 Å². The Balaban J connectivity index is 1.51. The highest BCUT2D eigenvalue weighted by atomic mass is 79.9. The van der Waals surface area contributed by atoms with Crippen molar-refractivity contribution in [1.29, 1.82) is 0 Å². The third kappa shape index (κ3) is 3.17. The fraction of sp³-hybridized carbons (Fsp3) is 0.200. The number of nitrogens with one attached hydrogen (secondary N) is 1. The maximum absolute atomic E-state index is 13.0. The van der Waals surface area contributed by atoms with E-state index < -0.39 is 0 Å². The van der Waals surface area contributed by atoms with Crippen molar-refractivity contribution in [3.8, 4) is 0 Å². The maximum Gasteiger partial charge on any atom is 0.123 e. The molecule has 2 heterocycles. The number of rotatable bonds is 3. The molecule has 1 aliphatic rings. The molecule has 0 saturated heterocycles. The van der Waals surface area contributed by atoms with Crippen LogP contribution in [0.4, 0.5) is 4.39 Å². The summed E-state index contributed by atoms with van der Waals surface area (Å²) in [4.78, 5) is 5.75. The Morgan fingerprint density at radius 1 is 1.12 bits per heavy atom. The van der Waals surface area contributed by atoms with Gasteiger partial charge in [-0.25, -0.2) is 4.39 Å². The molecule has 0 saturated carbocycles. The van der Waals surface area contributed by atoms with Crippen LogP contribution < -0.4 is 0 Å². The minimum Gasteiger partial charge on any atom is -0.361 e. The molecule has 4 heteroatoms. The summed E-state index contributed by atoms with van der Waals surface area (Å²) in [6, 6.07) is 13.1. The van der Waals surface area contributed by atoms with Gasteiger partial charge in [-0.05, 0) is 47.9 Å². The normalized spacial score (nSPS) is 15.7. The Morgan fingerprint density at radius 2 is 1.96 bits per heavy atom. The Kier molecular flexibility index (Phi) is 4.25. The molecular weight excluding hydrogens is 367 g/mol. The smallest absolute Gasteiger partial charge is 0.123 e. The number of fused-ring (bicyclic) bond motifs is 1. The molecule has 0 bridgehead atoms. The standard InChI is InChI=1S/C20H18BrFN2/c21-16-3-6-20-18(11-16)19(12-23-20)15-7-9-24(10-8-15)13-14-1-4-17(22)5-2-14/h1-7,11-12,23H,8-10,13H2. The van der Waals surface area contributed by atoms with Crippen molar-refractivity contribution in [2.45, 2.75) is 13.0 Å². The molecule has 0 amide bonds. The second kappa shape index (κ2) is 6.54. The lowest BCUT2D eigenvalue weighted by Gasteiger charge is -2.26. The van der Waals surface area contributed by atoms with E-state index in [1.54, 1.807) is 0 Å². The van der Waals surface area contributed by atoms with Gasteiger partial charge in [-0.3, -0.25) is 4.90 Å². The minimum atomic E-state index is -0.176. The Hall–Kier alpha value is -1.91. The lowest BCUT2D eigenvalue weighted by molar-refractivity contribution is 0.294. The highest BCUT2D eigenvalue weighted by Crippen LogP contribution is 2.31. The average molecular weight is 385 g/mol.